The van der Waals surface area contributed by atoms with Crippen LogP contribution in [0.2, 0.25) is 0 Å². The molecule has 0 radical (unpaired) electrons. The van der Waals surface area contributed by atoms with Gasteiger partial charge in [0.1, 0.15) is 0 Å². The lowest BCUT2D eigenvalue weighted by molar-refractivity contribution is 0.156. The summed E-state index contributed by atoms with van der Waals surface area (Å²) in [7, 11) is 0. The van der Waals surface area contributed by atoms with Crippen molar-refractivity contribution in [3.8, 4) is 0 Å². The third kappa shape index (κ3) is 1.93. The van der Waals surface area contributed by atoms with Gasteiger partial charge in [-0.05, 0) is 39.0 Å². The van der Waals surface area contributed by atoms with Gasteiger partial charge in [0.2, 0.25) is 0 Å². The Morgan fingerprint density at radius 3 is 2.60 bits per heavy atom. The van der Waals surface area contributed by atoms with Crippen molar-refractivity contribution in [2.45, 2.75) is 62.7 Å². The average Bonchev–Trinajstić information content (AvgIpc) is 3.08. The molecule has 3 aliphatic rings. The Morgan fingerprint density at radius 1 is 1.33 bits per heavy atom. The smallest absolute Gasteiger partial charge is 0.0626 e. The first-order chi connectivity index (χ1) is 7.22. The van der Waals surface area contributed by atoms with E-state index in [1.54, 1.807) is 0 Å². The van der Waals surface area contributed by atoms with Gasteiger partial charge in [-0.15, -0.1) is 0 Å². The second-order valence-electron chi connectivity index (χ2n) is 5.81. The monoisotopic (exact) mass is 210 g/mol. The van der Waals surface area contributed by atoms with Crippen molar-refractivity contribution in [2.75, 3.05) is 13.2 Å². The third-order valence-electron chi connectivity index (χ3n) is 4.14. The van der Waals surface area contributed by atoms with Crippen molar-refractivity contribution in [3.63, 3.8) is 0 Å². The van der Waals surface area contributed by atoms with E-state index < -0.39 is 0 Å². The zero-order valence-electron chi connectivity index (χ0n) is 9.58. The van der Waals surface area contributed by atoms with Crippen LogP contribution >= 0.6 is 0 Å². The summed E-state index contributed by atoms with van der Waals surface area (Å²) < 4.78 is 0. The lowest BCUT2D eigenvalue weighted by atomic mass is 9.97. The van der Waals surface area contributed by atoms with Crippen molar-refractivity contribution in [1.82, 2.24) is 10.2 Å². The number of rotatable bonds is 4. The highest BCUT2D eigenvalue weighted by atomic mass is 16.3. The molecule has 2 N–H and O–H groups in total. The van der Waals surface area contributed by atoms with Gasteiger partial charge in [-0.2, -0.15) is 0 Å². The quantitative estimate of drug-likeness (QED) is 0.718. The summed E-state index contributed by atoms with van der Waals surface area (Å²) in [6.45, 7) is 3.67. The van der Waals surface area contributed by atoms with Crippen LogP contribution in [0.3, 0.4) is 0 Å². The normalized spacial score (nSPS) is 42.4. The van der Waals surface area contributed by atoms with Crippen molar-refractivity contribution in [3.05, 3.63) is 0 Å². The molecule has 15 heavy (non-hydrogen) atoms. The summed E-state index contributed by atoms with van der Waals surface area (Å²) in [5.41, 5.74) is 0.0170. The molecule has 2 saturated carbocycles. The van der Waals surface area contributed by atoms with Crippen molar-refractivity contribution in [2.24, 2.45) is 0 Å². The largest absolute Gasteiger partial charge is 0.394 e. The molecule has 2 atom stereocenters. The molecule has 0 spiro atoms. The molecule has 0 aromatic heterocycles. The van der Waals surface area contributed by atoms with Crippen LogP contribution in [0.15, 0.2) is 0 Å². The minimum Gasteiger partial charge on any atom is -0.394 e. The first-order valence-corrected chi connectivity index (χ1v) is 6.37. The topological polar surface area (TPSA) is 35.5 Å². The summed E-state index contributed by atoms with van der Waals surface area (Å²) in [5, 5.41) is 13.3. The summed E-state index contributed by atoms with van der Waals surface area (Å²) >= 11 is 0. The molecule has 0 bridgehead atoms. The SMILES string of the molecule is CC1CC(CO)(NC2CC2)CN1C1CC1. The number of hydrogen-bond donors (Lipinski definition) is 2. The Kier molecular flexibility index (Phi) is 2.31. The van der Waals surface area contributed by atoms with Crippen LogP contribution in [0.1, 0.15) is 39.0 Å². The van der Waals surface area contributed by atoms with E-state index in [1.807, 2.05) is 0 Å². The van der Waals surface area contributed by atoms with E-state index in [0.717, 1.165) is 19.0 Å². The highest BCUT2D eigenvalue weighted by molar-refractivity contribution is 5.07. The minimum atomic E-state index is 0.0170. The number of aliphatic hydroxyl groups excluding tert-OH is 1. The predicted octanol–water partition coefficient (Wildman–Crippen LogP) is 0.726. The maximum atomic E-state index is 9.64. The van der Waals surface area contributed by atoms with Gasteiger partial charge in [-0.3, -0.25) is 4.90 Å². The minimum absolute atomic E-state index is 0.0170. The molecule has 3 fully saturated rings. The zero-order chi connectivity index (χ0) is 10.5. The number of nitrogens with one attached hydrogen (secondary N) is 1. The molecule has 1 heterocycles. The summed E-state index contributed by atoms with van der Waals surface area (Å²) in [6.07, 6.45) is 6.47. The Hall–Kier alpha value is -0.120. The third-order valence-corrected chi connectivity index (χ3v) is 4.14. The number of hydrogen-bond acceptors (Lipinski definition) is 3. The van der Waals surface area contributed by atoms with Gasteiger partial charge in [0.05, 0.1) is 12.1 Å². The van der Waals surface area contributed by atoms with Gasteiger partial charge in [0.25, 0.3) is 0 Å². The fraction of sp³-hybridized carbons (Fsp3) is 1.00. The standard InChI is InChI=1S/C12H22N2O/c1-9-6-12(8-15,13-10-2-3-10)7-14(9)11-4-5-11/h9-11,13,15H,2-8H2,1H3. The predicted molar refractivity (Wildman–Crippen MR) is 59.8 cm³/mol. The molecule has 0 aromatic rings. The molecule has 3 nitrogen and oxygen atoms in total. The Labute approximate surface area is 91.8 Å². The number of nitrogens with zero attached hydrogens (tertiary/aromatic N) is 1. The van der Waals surface area contributed by atoms with Gasteiger partial charge in [-0.1, -0.05) is 0 Å². The molecule has 86 valence electrons. The van der Waals surface area contributed by atoms with E-state index in [9.17, 15) is 5.11 Å². The van der Waals surface area contributed by atoms with Crippen molar-refractivity contribution >= 4 is 0 Å². The van der Waals surface area contributed by atoms with Crippen LogP contribution in [0.4, 0.5) is 0 Å². The number of likely N-dealkylation sites (tertiary alicyclic amines) is 1. The van der Waals surface area contributed by atoms with E-state index in [1.165, 1.54) is 25.7 Å². The average molecular weight is 210 g/mol. The van der Waals surface area contributed by atoms with Crippen LogP contribution in [-0.4, -0.2) is 46.8 Å². The van der Waals surface area contributed by atoms with Gasteiger partial charge in [0.15, 0.2) is 0 Å². The van der Waals surface area contributed by atoms with Gasteiger partial charge in [0, 0.05) is 24.7 Å². The van der Waals surface area contributed by atoms with Gasteiger partial charge in [-0.25, -0.2) is 0 Å². The van der Waals surface area contributed by atoms with E-state index in [4.69, 9.17) is 0 Å². The molecule has 2 aliphatic carbocycles. The van der Waals surface area contributed by atoms with Crippen LogP contribution in [0.25, 0.3) is 0 Å². The van der Waals surface area contributed by atoms with E-state index >= 15 is 0 Å². The summed E-state index contributed by atoms with van der Waals surface area (Å²) in [5.74, 6) is 0. The first-order valence-electron chi connectivity index (χ1n) is 6.37. The van der Waals surface area contributed by atoms with Crippen LogP contribution in [0.5, 0.6) is 0 Å². The van der Waals surface area contributed by atoms with Gasteiger partial charge >= 0.3 is 0 Å². The van der Waals surface area contributed by atoms with Crippen LogP contribution in [-0.2, 0) is 0 Å². The highest BCUT2D eigenvalue weighted by Gasteiger charge is 2.48. The lowest BCUT2D eigenvalue weighted by Crippen LogP contribution is -2.51. The fourth-order valence-electron chi connectivity index (χ4n) is 3.07. The summed E-state index contributed by atoms with van der Waals surface area (Å²) in [6, 6.07) is 2.17. The molecule has 0 amide bonds. The molecular formula is C12H22N2O. The highest BCUT2D eigenvalue weighted by Crippen LogP contribution is 2.38. The molecule has 1 saturated heterocycles. The second-order valence-corrected chi connectivity index (χ2v) is 5.81. The first kappa shape index (κ1) is 10.1. The summed E-state index contributed by atoms with van der Waals surface area (Å²) in [4.78, 5) is 2.60. The molecule has 3 rings (SSSR count). The lowest BCUT2D eigenvalue weighted by Gasteiger charge is -2.28. The molecule has 2 unspecified atom stereocenters. The van der Waals surface area contributed by atoms with E-state index in [-0.39, 0.29) is 5.54 Å². The maximum absolute atomic E-state index is 9.64. The van der Waals surface area contributed by atoms with Crippen LogP contribution < -0.4 is 5.32 Å². The maximum Gasteiger partial charge on any atom is 0.0626 e. The Morgan fingerprint density at radius 2 is 2.07 bits per heavy atom. The van der Waals surface area contributed by atoms with E-state index in [0.29, 0.717) is 18.7 Å². The van der Waals surface area contributed by atoms with Gasteiger partial charge < -0.3 is 10.4 Å². The fourth-order valence-corrected chi connectivity index (χ4v) is 3.07. The molecular weight excluding hydrogens is 188 g/mol. The molecule has 1 aliphatic heterocycles. The molecule has 0 aromatic carbocycles. The zero-order valence-corrected chi connectivity index (χ0v) is 9.58. The van der Waals surface area contributed by atoms with Crippen LogP contribution in [0, 0.1) is 0 Å². The van der Waals surface area contributed by atoms with Crippen molar-refractivity contribution in [1.29, 1.82) is 0 Å². The second kappa shape index (κ2) is 3.44. The molecule has 3 heteroatoms. The number of aliphatic hydroxyl groups is 1. The van der Waals surface area contributed by atoms with Crippen molar-refractivity contribution < 1.29 is 5.11 Å². The van der Waals surface area contributed by atoms with E-state index in [2.05, 4.69) is 17.1 Å². The Balaban J connectivity index is 1.68. The Bertz CT molecular complexity index is 250.